The standard InChI is InChI=1S/C13H9ClN2/c1-8-6-12(14)16-11-7-15-10-5-3-2-4-9(10)13(8)11/h2-7H,1H3. The molecule has 0 aliphatic carbocycles. The fourth-order valence-corrected chi connectivity index (χ4v) is 2.28. The number of hydrogen-bond donors (Lipinski definition) is 0. The Morgan fingerprint density at radius 3 is 2.81 bits per heavy atom. The number of fused-ring (bicyclic) bond motifs is 3. The molecule has 0 radical (unpaired) electrons. The van der Waals surface area contributed by atoms with Crippen molar-refractivity contribution < 1.29 is 0 Å². The quantitative estimate of drug-likeness (QED) is 0.433. The van der Waals surface area contributed by atoms with Crippen LogP contribution in [0.4, 0.5) is 0 Å². The van der Waals surface area contributed by atoms with Crippen LogP contribution < -0.4 is 0 Å². The predicted molar refractivity (Wildman–Crippen MR) is 66.8 cm³/mol. The van der Waals surface area contributed by atoms with Gasteiger partial charge in [-0.15, -0.1) is 0 Å². The van der Waals surface area contributed by atoms with Crippen LogP contribution in [0.5, 0.6) is 0 Å². The van der Waals surface area contributed by atoms with Crippen molar-refractivity contribution in [2.24, 2.45) is 0 Å². The van der Waals surface area contributed by atoms with Crippen molar-refractivity contribution in [2.75, 3.05) is 0 Å². The Hall–Kier alpha value is -1.67. The zero-order chi connectivity index (χ0) is 11.1. The molecule has 78 valence electrons. The van der Waals surface area contributed by atoms with E-state index in [4.69, 9.17) is 11.6 Å². The van der Waals surface area contributed by atoms with Gasteiger partial charge < -0.3 is 0 Å². The van der Waals surface area contributed by atoms with E-state index in [0.717, 1.165) is 27.4 Å². The van der Waals surface area contributed by atoms with Crippen LogP contribution in [0.1, 0.15) is 5.56 Å². The number of nitrogens with zero attached hydrogens (tertiary/aromatic N) is 2. The van der Waals surface area contributed by atoms with Crippen LogP contribution >= 0.6 is 11.6 Å². The summed E-state index contributed by atoms with van der Waals surface area (Å²) in [6, 6.07) is 9.95. The molecule has 0 saturated heterocycles. The normalized spacial score (nSPS) is 11.1. The molecule has 0 aliphatic heterocycles. The van der Waals surface area contributed by atoms with E-state index in [2.05, 4.69) is 16.0 Å². The van der Waals surface area contributed by atoms with E-state index in [9.17, 15) is 0 Å². The molecule has 2 nitrogen and oxygen atoms in total. The first-order valence-electron chi connectivity index (χ1n) is 5.06. The molecular formula is C13H9ClN2. The Morgan fingerprint density at radius 1 is 1.12 bits per heavy atom. The molecule has 2 aromatic heterocycles. The monoisotopic (exact) mass is 228 g/mol. The summed E-state index contributed by atoms with van der Waals surface area (Å²) in [5.41, 5.74) is 2.97. The SMILES string of the molecule is Cc1cc(Cl)nc2cnc3ccccc3c12. The first-order valence-corrected chi connectivity index (χ1v) is 5.44. The minimum absolute atomic E-state index is 0.516. The van der Waals surface area contributed by atoms with Gasteiger partial charge in [0.1, 0.15) is 5.15 Å². The van der Waals surface area contributed by atoms with E-state index in [-0.39, 0.29) is 0 Å². The van der Waals surface area contributed by atoms with Crippen molar-refractivity contribution in [1.82, 2.24) is 9.97 Å². The predicted octanol–water partition coefficient (Wildman–Crippen LogP) is 3.74. The van der Waals surface area contributed by atoms with Crippen molar-refractivity contribution in [2.45, 2.75) is 6.92 Å². The summed E-state index contributed by atoms with van der Waals surface area (Å²) in [6.07, 6.45) is 1.77. The highest BCUT2D eigenvalue weighted by Gasteiger charge is 2.06. The molecule has 0 unspecified atom stereocenters. The topological polar surface area (TPSA) is 25.8 Å². The zero-order valence-electron chi connectivity index (χ0n) is 8.74. The van der Waals surface area contributed by atoms with Crippen molar-refractivity contribution in [3.05, 3.63) is 47.2 Å². The lowest BCUT2D eigenvalue weighted by molar-refractivity contribution is 1.33. The van der Waals surface area contributed by atoms with Crippen LogP contribution in [-0.2, 0) is 0 Å². The van der Waals surface area contributed by atoms with E-state index in [1.807, 2.05) is 31.2 Å². The molecule has 0 amide bonds. The largest absolute Gasteiger partial charge is 0.254 e. The third kappa shape index (κ3) is 1.34. The second-order valence-corrected chi connectivity index (χ2v) is 4.18. The van der Waals surface area contributed by atoms with E-state index >= 15 is 0 Å². The second-order valence-electron chi connectivity index (χ2n) is 3.80. The molecule has 3 aromatic rings. The third-order valence-corrected chi connectivity index (χ3v) is 2.91. The molecular weight excluding hydrogens is 220 g/mol. The van der Waals surface area contributed by atoms with Crippen molar-refractivity contribution in [3.63, 3.8) is 0 Å². The van der Waals surface area contributed by atoms with Crippen molar-refractivity contribution in [3.8, 4) is 0 Å². The van der Waals surface area contributed by atoms with Gasteiger partial charge in [0.05, 0.1) is 17.2 Å². The molecule has 2 heterocycles. The molecule has 3 rings (SSSR count). The first kappa shape index (κ1) is 9.55. The van der Waals surface area contributed by atoms with Gasteiger partial charge >= 0.3 is 0 Å². The number of pyridine rings is 2. The maximum Gasteiger partial charge on any atom is 0.130 e. The molecule has 3 heteroatoms. The van der Waals surface area contributed by atoms with Crippen LogP contribution in [-0.4, -0.2) is 9.97 Å². The second kappa shape index (κ2) is 3.42. The van der Waals surface area contributed by atoms with Gasteiger partial charge in [-0.05, 0) is 24.6 Å². The van der Waals surface area contributed by atoms with E-state index in [1.54, 1.807) is 6.20 Å². The van der Waals surface area contributed by atoms with Gasteiger partial charge in [-0.25, -0.2) is 4.98 Å². The highest BCUT2D eigenvalue weighted by Crippen LogP contribution is 2.26. The van der Waals surface area contributed by atoms with Gasteiger partial charge in [-0.3, -0.25) is 4.98 Å². The van der Waals surface area contributed by atoms with Gasteiger partial charge in [0.15, 0.2) is 0 Å². The molecule has 0 fully saturated rings. The van der Waals surface area contributed by atoms with E-state index in [1.165, 1.54) is 0 Å². The summed E-state index contributed by atoms with van der Waals surface area (Å²) in [6.45, 7) is 2.04. The van der Waals surface area contributed by atoms with Crippen LogP contribution in [0, 0.1) is 6.92 Å². The average molecular weight is 229 g/mol. The Bertz CT molecular complexity index is 692. The molecule has 1 aromatic carbocycles. The smallest absolute Gasteiger partial charge is 0.130 e. The number of para-hydroxylation sites is 1. The minimum Gasteiger partial charge on any atom is -0.254 e. The molecule has 0 atom stereocenters. The number of hydrogen-bond acceptors (Lipinski definition) is 2. The maximum absolute atomic E-state index is 5.94. The summed E-state index contributed by atoms with van der Waals surface area (Å²) in [7, 11) is 0. The average Bonchev–Trinajstić information content (AvgIpc) is 2.28. The highest BCUT2D eigenvalue weighted by atomic mass is 35.5. The number of benzene rings is 1. The Labute approximate surface area is 97.9 Å². The fraction of sp³-hybridized carbons (Fsp3) is 0.0769. The lowest BCUT2D eigenvalue weighted by atomic mass is 10.1. The highest BCUT2D eigenvalue weighted by molar-refractivity contribution is 6.30. The fourth-order valence-electron chi connectivity index (χ4n) is 2.03. The van der Waals surface area contributed by atoms with E-state index in [0.29, 0.717) is 5.15 Å². The van der Waals surface area contributed by atoms with Gasteiger partial charge in [0, 0.05) is 10.8 Å². The van der Waals surface area contributed by atoms with Crippen LogP contribution in [0.3, 0.4) is 0 Å². The van der Waals surface area contributed by atoms with Crippen LogP contribution in [0.2, 0.25) is 5.15 Å². The summed E-state index contributed by atoms with van der Waals surface area (Å²) in [4.78, 5) is 8.66. The van der Waals surface area contributed by atoms with Gasteiger partial charge in [0.25, 0.3) is 0 Å². The molecule has 0 aliphatic rings. The molecule has 0 N–H and O–H groups in total. The summed E-state index contributed by atoms with van der Waals surface area (Å²) in [5, 5.41) is 2.78. The van der Waals surface area contributed by atoms with Crippen LogP contribution in [0.25, 0.3) is 21.8 Å². The van der Waals surface area contributed by atoms with Gasteiger partial charge in [-0.2, -0.15) is 0 Å². The Kier molecular flexibility index (Phi) is 2.04. The van der Waals surface area contributed by atoms with E-state index < -0.39 is 0 Å². The summed E-state index contributed by atoms with van der Waals surface area (Å²) >= 11 is 5.94. The first-order chi connectivity index (χ1) is 7.75. The number of aromatic nitrogens is 2. The maximum atomic E-state index is 5.94. The number of aryl methyl sites for hydroxylation is 1. The molecule has 0 saturated carbocycles. The van der Waals surface area contributed by atoms with Crippen molar-refractivity contribution in [1.29, 1.82) is 0 Å². The number of halogens is 1. The zero-order valence-corrected chi connectivity index (χ0v) is 9.49. The Balaban J connectivity index is 2.60. The minimum atomic E-state index is 0.516. The molecule has 0 bridgehead atoms. The van der Waals surface area contributed by atoms with Crippen LogP contribution in [0.15, 0.2) is 36.5 Å². The Morgan fingerprint density at radius 2 is 1.94 bits per heavy atom. The van der Waals surface area contributed by atoms with Gasteiger partial charge in [0.2, 0.25) is 0 Å². The van der Waals surface area contributed by atoms with Gasteiger partial charge in [-0.1, -0.05) is 29.8 Å². The molecule has 0 spiro atoms. The lowest BCUT2D eigenvalue weighted by Crippen LogP contribution is -1.88. The third-order valence-electron chi connectivity index (χ3n) is 2.71. The van der Waals surface area contributed by atoms with Crippen molar-refractivity contribution >= 4 is 33.4 Å². The summed E-state index contributed by atoms with van der Waals surface area (Å²) < 4.78 is 0. The summed E-state index contributed by atoms with van der Waals surface area (Å²) in [5.74, 6) is 0. The number of rotatable bonds is 0. The molecule has 16 heavy (non-hydrogen) atoms. The lowest BCUT2D eigenvalue weighted by Gasteiger charge is -2.05.